The van der Waals surface area contributed by atoms with Crippen LogP contribution in [0.1, 0.15) is 6.92 Å². The fraction of sp³-hybridized carbons (Fsp3) is 0.188. The maximum Gasteiger partial charge on any atom is 0.452 e. The molecule has 0 spiro atoms. The third kappa shape index (κ3) is 4.84. The van der Waals surface area contributed by atoms with Gasteiger partial charge in [-0.15, -0.1) is 0 Å². The van der Waals surface area contributed by atoms with Gasteiger partial charge in [0.25, 0.3) is 0 Å². The van der Waals surface area contributed by atoms with Gasteiger partial charge in [0, 0.05) is 0 Å². The third-order valence-corrected chi connectivity index (χ3v) is 4.99. The molecule has 0 aliphatic rings. The predicted molar refractivity (Wildman–Crippen MR) is 88.4 cm³/mol. The van der Waals surface area contributed by atoms with Crippen LogP contribution in [0.25, 0.3) is 0 Å². The normalized spacial score (nSPS) is 12.3. The number of carbonyl (C=O) groups is 1. The Morgan fingerprint density at radius 1 is 1.04 bits per heavy atom. The second-order valence-corrected chi connectivity index (χ2v) is 7.02. The molecule has 0 fully saturated rings. The van der Waals surface area contributed by atoms with Gasteiger partial charge in [0.05, 0.1) is 6.54 Å². The highest BCUT2D eigenvalue weighted by molar-refractivity contribution is 7.55. The predicted octanol–water partition coefficient (Wildman–Crippen LogP) is 2.76. The zero-order chi connectivity index (χ0) is 16.7. The third-order valence-electron chi connectivity index (χ3n) is 2.98. The summed E-state index contributed by atoms with van der Waals surface area (Å²) < 4.78 is 24.4. The first-order valence-electron chi connectivity index (χ1n) is 7.12. The molecule has 0 aliphatic carbocycles. The molecule has 0 heterocycles. The van der Waals surface area contributed by atoms with Crippen LogP contribution in [-0.4, -0.2) is 18.2 Å². The fourth-order valence-corrected chi connectivity index (χ4v) is 3.29. The standard InChI is InChI=1S/C16H19N2O4P/c1-13(18-16(19)12-17)23(20,21-14-8-4-2-5-9-14)22-15-10-6-3-7-11-15/h2-11,13H,12,17H2,1H3,(H,18,19). The lowest BCUT2D eigenvalue weighted by Crippen LogP contribution is -2.38. The average molecular weight is 334 g/mol. The van der Waals surface area contributed by atoms with E-state index in [4.69, 9.17) is 14.8 Å². The van der Waals surface area contributed by atoms with Gasteiger partial charge in [0.15, 0.2) is 5.78 Å². The summed E-state index contributed by atoms with van der Waals surface area (Å²) in [5.74, 6) is -0.522. The molecule has 6 nitrogen and oxygen atoms in total. The van der Waals surface area contributed by atoms with Gasteiger partial charge in [-0.25, -0.2) is 4.57 Å². The molecule has 2 aromatic rings. The van der Waals surface area contributed by atoms with Crippen molar-refractivity contribution in [1.82, 2.24) is 5.32 Å². The Bertz CT molecular complexity index is 633. The van der Waals surface area contributed by atoms with E-state index in [1.165, 1.54) is 0 Å². The van der Waals surface area contributed by atoms with Crippen LogP contribution in [0.2, 0.25) is 0 Å². The summed E-state index contributed by atoms with van der Waals surface area (Å²) in [6.07, 6.45) is 0. The SMILES string of the molecule is CC(NC(=O)CN)P(=O)(Oc1ccccc1)Oc1ccccc1. The van der Waals surface area contributed by atoms with Crippen LogP contribution in [0.15, 0.2) is 60.7 Å². The summed E-state index contributed by atoms with van der Waals surface area (Å²) in [7, 11) is -3.71. The van der Waals surface area contributed by atoms with E-state index in [0.29, 0.717) is 11.5 Å². The van der Waals surface area contributed by atoms with Crippen LogP contribution in [0, 0.1) is 0 Å². The summed E-state index contributed by atoms with van der Waals surface area (Å²) in [6.45, 7) is 1.35. The Morgan fingerprint density at radius 3 is 1.87 bits per heavy atom. The smallest absolute Gasteiger partial charge is 0.415 e. The van der Waals surface area contributed by atoms with E-state index in [2.05, 4.69) is 5.32 Å². The number of hydrogen-bond acceptors (Lipinski definition) is 5. The van der Waals surface area contributed by atoms with Gasteiger partial charge in [0.2, 0.25) is 5.91 Å². The zero-order valence-corrected chi connectivity index (χ0v) is 13.6. The van der Waals surface area contributed by atoms with Crippen LogP contribution >= 0.6 is 7.60 Å². The Kier molecular flexibility index (Phi) is 5.79. The molecule has 1 amide bonds. The Balaban J connectivity index is 2.25. The number of rotatable bonds is 7. The molecule has 23 heavy (non-hydrogen) atoms. The van der Waals surface area contributed by atoms with Crippen molar-refractivity contribution in [3.8, 4) is 11.5 Å². The van der Waals surface area contributed by atoms with Crippen molar-refractivity contribution in [1.29, 1.82) is 0 Å². The van der Waals surface area contributed by atoms with E-state index in [0.717, 1.165) is 0 Å². The van der Waals surface area contributed by atoms with Crippen molar-refractivity contribution in [2.24, 2.45) is 5.73 Å². The molecule has 0 saturated heterocycles. The Labute approximate surface area is 135 Å². The topological polar surface area (TPSA) is 90.7 Å². The molecule has 1 atom stereocenters. The number of carbonyl (C=O) groups excluding carboxylic acids is 1. The lowest BCUT2D eigenvalue weighted by molar-refractivity contribution is -0.119. The lowest BCUT2D eigenvalue weighted by atomic mass is 10.3. The molecule has 2 rings (SSSR count). The monoisotopic (exact) mass is 334 g/mol. The molecule has 1 unspecified atom stereocenters. The highest BCUT2D eigenvalue weighted by Gasteiger charge is 2.37. The second kappa shape index (κ2) is 7.81. The minimum Gasteiger partial charge on any atom is -0.415 e. The molecule has 0 aliphatic heterocycles. The minimum absolute atomic E-state index is 0.207. The molecule has 0 saturated carbocycles. The molecular formula is C16H19N2O4P. The average Bonchev–Trinajstić information content (AvgIpc) is 2.56. The minimum atomic E-state index is -3.71. The van der Waals surface area contributed by atoms with Gasteiger partial charge in [-0.2, -0.15) is 0 Å². The number of benzene rings is 2. The van der Waals surface area contributed by atoms with E-state index >= 15 is 0 Å². The molecular weight excluding hydrogens is 315 g/mol. The summed E-state index contributed by atoms with van der Waals surface area (Å²) in [5.41, 5.74) is 5.29. The molecule has 3 N–H and O–H groups in total. The van der Waals surface area contributed by atoms with E-state index in [-0.39, 0.29) is 6.54 Å². The van der Waals surface area contributed by atoms with E-state index in [1.807, 2.05) is 12.1 Å². The van der Waals surface area contributed by atoms with Crippen LogP contribution in [0.5, 0.6) is 11.5 Å². The first-order chi connectivity index (χ1) is 11.0. The number of nitrogens with one attached hydrogen (secondary N) is 1. The molecule has 0 bridgehead atoms. The Hall–Kier alpha value is -2.30. The zero-order valence-electron chi connectivity index (χ0n) is 12.7. The first kappa shape index (κ1) is 17.1. The summed E-state index contributed by atoms with van der Waals surface area (Å²) in [4.78, 5) is 11.5. The maximum absolute atomic E-state index is 13.2. The summed E-state index contributed by atoms with van der Waals surface area (Å²) in [6, 6.07) is 17.3. The number of hydrogen-bond donors (Lipinski definition) is 2. The van der Waals surface area contributed by atoms with E-state index in [9.17, 15) is 9.36 Å². The van der Waals surface area contributed by atoms with Gasteiger partial charge in [-0.1, -0.05) is 36.4 Å². The van der Waals surface area contributed by atoms with Gasteiger partial charge in [0.1, 0.15) is 11.5 Å². The molecule has 0 radical (unpaired) electrons. The van der Waals surface area contributed by atoms with E-state index < -0.39 is 19.3 Å². The molecule has 0 aromatic heterocycles. The van der Waals surface area contributed by atoms with Gasteiger partial charge in [-0.05, 0) is 31.2 Å². The van der Waals surface area contributed by atoms with E-state index in [1.54, 1.807) is 55.5 Å². The van der Waals surface area contributed by atoms with Crippen LogP contribution in [0.4, 0.5) is 0 Å². The molecule has 2 aromatic carbocycles. The molecule has 122 valence electrons. The van der Waals surface area contributed by atoms with Gasteiger partial charge >= 0.3 is 7.60 Å². The van der Waals surface area contributed by atoms with Crippen molar-refractivity contribution >= 4 is 13.5 Å². The first-order valence-corrected chi connectivity index (χ1v) is 8.73. The van der Waals surface area contributed by atoms with Crippen molar-refractivity contribution < 1.29 is 18.4 Å². The van der Waals surface area contributed by atoms with Crippen molar-refractivity contribution in [3.05, 3.63) is 60.7 Å². The van der Waals surface area contributed by atoms with Crippen LogP contribution < -0.4 is 20.1 Å². The van der Waals surface area contributed by atoms with Crippen LogP contribution in [-0.2, 0) is 9.36 Å². The number of nitrogens with two attached hydrogens (primary N) is 1. The fourth-order valence-electron chi connectivity index (χ4n) is 1.80. The van der Waals surface area contributed by atoms with Gasteiger partial charge in [-0.3, -0.25) is 4.79 Å². The molecule has 7 heteroatoms. The lowest BCUT2D eigenvalue weighted by Gasteiger charge is -2.25. The Morgan fingerprint density at radius 2 is 1.48 bits per heavy atom. The van der Waals surface area contributed by atoms with Crippen LogP contribution in [0.3, 0.4) is 0 Å². The largest absolute Gasteiger partial charge is 0.452 e. The number of amides is 1. The highest BCUT2D eigenvalue weighted by atomic mass is 31.2. The summed E-state index contributed by atoms with van der Waals surface area (Å²) in [5, 5.41) is 2.53. The van der Waals surface area contributed by atoms with Gasteiger partial charge < -0.3 is 20.1 Å². The van der Waals surface area contributed by atoms with Crippen molar-refractivity contribution in [2.45, 2.75) is 12.7 Å². The number of para-hydroxylation sites is 2. The second-order valence-electron chi connectivity index (χ2n) is 4.80. The quantitative estimate of drug-likeness (QED) is 0.760. The highest BCUT2D eigenvalue weighted by Crippen LogP contribution is 2.51. The maximum atomic E-state index is 13.2. The van der Waals surface area contributed by atoms with Crippen molar-refractivity contribution in [3.63, 3.8) is 0 Å². The van der Waals surface area contributed by atoms with Crippen molar-refractivity contribution in [2.75, 3.05) is 6.54 Å². The summed E-state index contributed by atoms with van der Waals surface area (Å²) >= 11 is 0.